The number of aromatic nitrogens is 1. The Hall–Kier alpha value is -4.16. The number of hydrogen-bond donors (Lipinski definition) is 4. The van der Waals surface area contributed by atoms with Crippen LogP contribution < -0.4 is 26.6 Å². The summed E-state index contributed by atoms with van der Waals surface area (Å²) in [7, 11) is 0. The number of thiophene rings is 1. The van der Waals surface area contributed by atoms with Crippen LogP contribution in [0.25, 0.3) is 0 Å². The smallest absolute Gasteiger partial charge is 0.311 e. The molecule has 0 aliphatic carbocycles. The average Bonchev–Trinajstić information content (AvgIpc) is 3.73. The molecule has 0 saturated carbocycles. The molecule has 2 aromatic carbocycles. The number of hydrazine groups is 2. The summed E-state index contributed by atoms with van der Waals surface area (Å²) in [6.45, 7) is 8.50. The van der Waals surface area contributed by atoms with Crippen molar-refractivity contribution in [2.45, 2.75) is 40.0 Å². The Kier molecular flexibility index (Phi) is 9.32. The van der Waals surface area contributed by atoms with Crippen molar-refractivity contribution in [2.24, 2.45) is 10.2 Å². The third-order valence-electron chi connectivity index (χ3n) is 6.51. The SMILES string of the molecule is CCOC(=O)Cc1cnc(N=Nc2ccc(NNc3ccc(NNc4ccc(N5CCCC5)s4)cc3C)cc2C)s1. The minimum absolute atomic E-state index is 0.192. The lowest BCUT2D eigenvalue weighted by Crippen LogP contribution is -2.15. The molecular weight excluding hydrogens is 557 g/mol. The number of nitrogens with zero attached hydrogens (tertiary/aromatic N) is 4. The Morgan fingerprint density at radius 2 is 1.68 bits per heavy atom. The van der Waals surface area contributed by atoms with Gasteiger partial charge in [-0.15, -0.1) is 10.2 Å². The van der Waals surface area contributed by atoms with Gasteiger partial charge in [0.25, 0.3) is 0 Å². The van der Waals surface area contributed by atoms with E-state index in [1.807, 2.05) is 37.3 Å². The minimum Gasteiger partial charge on any atom is -0.466 e. The second-order valence-corrected chi connectivity index (χ2v) is 11.8. The number of anilines is 5. The predicted molar refractivity (Wildman–Crippen MR) is 169 cm³/mol. The fourth-order valence-electron chi connectivity index (χ4n) is 4.38. The van der Waals surface area contributed by atoms with Gasteiger partial charge in [0.05, 0.1) is 40.8 Å². The molecule has 0 radical (unpaired) electrons. The number of rotatable bonds is 12. The fourth-order valence-corrected chi connectivity index (χ4v) is 6.01. The normalized spacial score (nSPS) is 13.0. The quantitative estimate of drug-likeness (QED) is 0.0750. The highest BCUT2D eigenvalue weighted by Crippen LogP contribution is 2.32. The van der Waals surface area contributed by atoms with Crippen LogP contribution in [0.5, 0.6) is 0 Å². The predicted octanol–water partition coefficient (Wildman–Crippen LogP) is 7.82. The minimum atomic E-state index is -0.271. The standard InChI is InChI=1S/C29H34N8O2S2/c1-4-39-28(38)17-23-18-30-29(40-23)36-34-25-10-7-21(15-20(25)3)31-33-24-9-8-22(16-19(24)2)32-35-26-11-12-27(41-26)37-13-5-6-14-37/h7-12,15-16,18,31-33,35H,4-6,13-14,17H2,1-3H3. The molecule has 0 amide bonds. The van der Waals surface area contributed by atoms with Gasteiger partial charge in [0.15, 0.2) is 0 Å². The van der Waals surface area contributed by atoms with Gasteiger partial charge in [-0.2, -0.15) is 0 Å². The molecule has 1 saturated heterocycles. The van der Waals surface area contributed by atoms with Gasteiger partial charge >= 0.3 is 5.97 Å². The highest BCUT2D eigenvalue weighted by atomic mass is 32.1. The molecule has 5 rings (SSSR count). The van der Waals surface area contributed by atoms with Crippen LogP contribution in [0.15, 0.2) is 65.0 Å². The highest BCUT2D eigenvalue weighted by Gasteiger charge is 2.14. The van der Waals surface area contributed by atoms with Crippen LogP contribution in [0, 0.1) is 13.8 Å². The van der Waals surface area contributed by atoms with Crippen molar-refractivity contribution < 1.29 is 9.53 Å². The van der Waals surface area contributed by atoms with Gasteiger partial charge in [0.1, 0.15) is 5.00 Å². The highest BCUT2D eigenvalue weighted by molar-refractivity contribution is 7.20. The van der Waals surface area contributed by atoms with E-state index in [9.17, 15) is 4.79 Å². The van der Waals surface area contributed by atoms with Crippen LogP contribution in [-0.2, 0) is 16.0 Å². The summed E-state index contributed by atoms with van der Waals surface area (Å²) in [4.78, 5) is 19.1. The maximum Gasteiger partial charge on any atom is 0.311 e. The summed E-state index contributed by atoms with van der Waals surface area (Å²) in [5.74, 6) is -0.271. The molecule has 0 bridgehead atoms. The summed E-state index contributed by atoms with van der Waals surface area (Å²) < 4.78 is 4.98. The van der Waals surface area contributed by atoms with E-state index in [4.69, 9.17) is 4.74 Å². The van der Waals surface area contributed by atoms with Crippen LogP contribution >= 0.6 is 22.7 Å². The summed E-state index contributed by atoms with van der Waals surface area (Å²) in [6, 6.07) is 16.3. The van der Waals surface area contributed by atoms with Crippen LogP contribution in [0.2, 0.25) is 0 Å². The number of ether oxygens (including phenoxy) is 1. The lowest BCUT2D eigenvalue weighted by molar-refractivity contribution is -0.142. The second kappa shape index (κ2) is 13.5. The fraction of sp³-hybridized carbons (Fsp3) is 0.310. The molecule has 2 aromatic heterocycles. The first-order valence-electron chi connectivity index (χ1n) is 13.6. The van der Waals surface area contributed by atoms with E-state index >= 15 is 0 Å². The van der Waals surface area contributed by atoms with Crippen LogP contribution in [-0.4, -0.2) is 30.6 Å². The van der Waals surface area contributed by atoms with E-state index in [2.05, 4.69) is 66.9 Å². The maximum atomic E-state index is 11.7. The number of thiazole rings is 1. The monoisotopic (exact) mass is 590 g/mol. The molecule has 1 aliphatic rings. The van der Waals surface area contributed by atoms with Crippen molar-refractivity contribution in [2.75, 3.05) is 46.3 Å². The zero-order valence-electron chi connectivity index (χ0n) is 23.4. The molecule has 214 valence electrons. The third-order valence-corrected chi connectivity index (χ3v) is 8.46. The van der Waals surface area contributed by atoms with Crippen molar-refractivity contribution in [3.8, 4) is 0 Å². The Balaban J connectivity index is 1.11. The molecule has 1 fully saturated rings. The molecule has 12 heteroatoms. The summed E-state index contributed by atoms with van der Waals surface area (Å²) >= 11 is 3.10. The first-order valence-corrected chi connectivity index (χ1v) is 15.2. The van der Waals surface area contributed by atoms with Crippen molar-refractivity contribution >= 4 is 66.5 Å². The number of carbonyl (C=O) groups is 1. The average molecular weight is 591 g/mol. The summed E-state index contributed by atoms with van der Waals surface area (Å²) in [5.41, 5.74) is 18.9. The zero-order valence-corrected chi connectivity index (χ0v) is 25.0. The van der Waals surface area contributed by atoms with Crippen LogP contribution in [0.4, 0.5) is 37.9 Å². The number of esters is 1. The number of nitrogens with one attached hydrogen (secondary N) is 4. The summed E-state index contributed by atoms with van der Waals surface area (Å²) in [6.07, 6.45) is 4.39. The van der Waals surface area contributed by atoms with Gasteiger partial charge in [-0.3, -0.25) is 10.2 Å². The van der Waals surface area contributed by atoms with Crippen LogP contribution in [0.3, 0.4) is 0 Å². The third kappa shape index (κ3) is 7.74. The Morgan fingerprint density at radius 1 is 0.927 bits per heavy atom. The number of benzene rings is 2. The van der Waals surface area contributed by atoms with Gasteiger partial charge in [0.2, 0.25) is 5.13 Å². The molecule has 41 heavy (non-hydrogen) atoms. The Morgan fingerprint density at radius 3 is 2.44 bits per heavy atom. The molecule has 0 unspecified atom stereocenters. The lowest BCUT2D eigenvalue weighted by Gasteiger charge is -2.15. The van der Waals surface area contributed by atoms with Gasteiger partial charge in [-0.05, 0) is 93.3 Å². The van der Waals surface area contributed by atoms with E-state index in [-0.39, 0.29) is 12.4 Å². The van der Waals surface area contributed by atoms with Gasteiger partial charge in [-0.1, -0.05) is 22.7 Å². The van der Waals surface area contributed by atoms with E-state index in [0.717, 1.165) is 56.8 Å². The topological polar surface area (TPSA) is 115 Å². The number of aryl methyl sites for hydroxylation is 2. The van der Waals surface area contributed by atoms with E-state index < -0.39 is 0 Å². The molecule has 0 spiro atoms. The van der Waals surface area contributed by atoms with Gasteiger partial charge < -0.3 is 25.9 Å². The second-order valence-electron chi connectivity index (χ2n) is 9.65. The van der Waals surface area contributed by atoms with E-state index in [1.165, 1.54) is 29.2 Å². The largest absolute Gasteiger partial charge is 0.466 e. The molecule has 10 nitrogen and oxygen atoms in total. The molecule has 4 N–H and O–H groups in total. The van der Waals surface area contributed by atoms with Crippen molar-refractivity contribution in [1.29, 1.82) is 0 Å². The van der Waals surface area contributed by atoms with E-state index in [0.29, 0.717) is 11.7 Å². The maximum absolute atomic E-state index is 11.7. The Labute approximate surface area is 247 Å². The Bertz CT molecular complexity index is 1510. The van der Waals surface area contributed by atoms with Crippen molar-refractivity contribution in [3.05, 3.63) is 70.7 Å². The van der Waals surface area contributed by atoms with E-state index in [1.54, 1.807) is 24.5 Å². The first-order chi connectivity index (χ1) is 20.0. The molecule has 1 aliphatic heterocycles. The number of azo groups is 1. The van der Waals surface area contributed by atoms with Gasteiger partial charge in [-0.25, -0.2) is 4.98 Å². The number of carbonyl (C=O) groups excluding carboxylic acids is 1. The molecular formula is C29H34N8O2S2. The van der Waals surface area contributed by atoms with Crippen molar-refractivity contribution in [1.82, 2.24) is 4.98 Å². The van der Waals surface area contributed by atoms with Crippen molar-refractivity contribution in [3.63, 3.8) is 0 Å². The van der Waals surface area contributed by atoms with Crippen LogP contribution in [0.1, 0.15) is 35.8 Å². The zero-order chi connectivity index (χ0) is 28.6. The summed E-state index contributed by atoms with van der Waals surface area (Å²) in [5, 5.41) is 11.5. The molecule has 4 aromatic rings. The van der Waals surface area contributed by atoms with Gasteiger partial charge in [0, 0.05) is 24.2 Å². The first kappa shape index (κ1) is 28.4. The molecule has 3 heterocycles. The molecule has 0 atom stereocenters. The lowest BCUT2D eigenvalue weighted by atomic mass is 10.2. The number of hydrogen-bond acceptors (Lipinski definition) is 12.